The number of hydrogen-bond donors (Lipinski definition) is 1. The molecular weight excluding hydrogens is 427 g/mol. The number of fused-ring (bicyclic) bond motifs is 2. The second kappa shape index (κ2) is 11.8. The number of rotatable bonds is 6. The van der Waals surface area contributed by atoms with Crippen molar-refractivity contribution in [3.05, 3.63) is 70.8 Å². The molecule has 9 heteroatoms. The quantitative estimate of drug-likeness (QED) is 0.392. The van der Waals surface area contributed by atoms with Gasteiger partial charge in [-0.25, -0.2) is 0 Å². The normalized spacial score (nSPS) is 14.1. The molecule has 31 heavy (non-hydrogen) atoms. The first kappa shape index (κ1) is 25.5. The molecule has 4 rings (SSSR count). The van der Waals surface area contributed by atoms with E-state index in [-0.39, 0.29) is 101 Å². The Labute approximate surface area is 222 Å². The Morgan fingerprint density at radius 2 is 0.968 bits per heavy atom. The van der Waals surface area contributed by atoms with Crippen molar-refractivity contribution < 1.29 is 80.8 Å². The molecule has 2 aliphatic heterocycles. The van der Waals surface area contributed by atoms with Crippen LogP contribution in [0.3, 0.4) is 0 Å². The van der Waals surface area contributed by atoms with Crippen LogP contribution in [0, 0.1) is 0 Å². The smallest absolute Gasteiger partial charge is 0.854 e. The van der Waals surface area contributed by atoms with Crippen molar-refractivity contribution in [1.82, 2.24) is 9.80 Å². The molecule has 1 N–H and O–H groups in total. The maximum absolute atomic E-state index is 11.7. The fraction of sp³-hybridized carbons (Fsp3) is 0.273. The average Bonchev–Trinajstić information content (AvgIpc) is 3.16. The van der Waals surface area contributed by atoms with Gasteiger partial charge in [-0.15, -0.1) is 6.61 Å². The fourth-order valence-electron chi connectivity index (χ4n) is 3.34. The van der Waals surface area contributed by atoms with Crippen LogP contribution in [0.1, 0.15) is 54.3 Å². The molecule has 0 spiro atoms. The zero-order chi connectivity index (χ0) is 21.7. The molecule has 0 bridgehead atoms. The van der Waals surface area contributed by atoms with E-state index in [2.05, 4.69) is 0 Å². The third-order valence-electron chi connectivity index (χ3n) is 4.82. The zero-order valence-electron chi connectivity index (χ0n) is 17.2. The van der Waals surface area contributed by atoms with Crippen LogP contribution in [-0.4, -0.2) is 64.8 Å². The van der Waals surface area contributed by atoms with Gasteiger partial charge >= 0.3 is 51.4 Å². The molecule has 0 unspecified atom stereocenters. The summed E-state index contributed by atoms with van der Waals surface area (Å²) >= 11 is 0. The van der Waals surface area contributed by atoms with Crippen LogP contribution in [0.25, 0.3) is 0 Å². The first-order valence-electron chi connectivity index (χ1n) is 9.60. The van der Waals surface area contributed by atoms with E-state index in [4.69, 9.17) is 5.11 Å². The first-order valence-corrected chi connectivity index (χ1v) is 9.60. The third kappa shape index (κ3) is 5.37. The van der Waals surface area contributed by atoms with Gasteiger partial charge in [0.25, 0.3) is 23.6 Å². The summed E-state index contributed by atoms with van der Waals surface area (Å²) in [6.45, 7) is 0.208. The molecule has 2 aliphatic rings. The van der Waals surface area contributed by atoms with Crippen LogP contribution in [-0.2, 0) is 0 Å². The number of carbonyl (C=O) groups is 4. The summed E-state index contributed by atoms with van der Waals surface area (Å²) in [7, 11) is 0. The average molecular weight is 449 g/mol. The third-order valence-corrected chi connectivity index (χ3v) is 4.82. The van der Waals surface area contributed by atoms with Crippen LogP contribution in [0.4, 0.5) is 0 Å². The van der Waals surface area contributed by atoms with E-state index in [0.717, 1.165) is 4.90 Å². The van der Waals surface area contributed by atoms with E-state index in [9.17, 15) is 24.3 Å². The summed E-state index contributed by atoms with van der Waals surface area (Å²) in [5, 5.41) is 19.0. The minimum Gasteiger partial charge on any atom is -0.854 e. The zero-order valence-corrected chi connectivity index (χ0v) is 20.4. The van der Waals surface area contributed by atoms with Crippen LogP contribution in [0.15, 0.2) is 48.5 Å². The number of nitrogens with zero attached hydrogens (tertiary/aromatic N) is 2. The van der Waals surface area contributed by atoms with Crippen molar-refractivity contribution in [3.63, 3.8) is 0 Å². The minimum absolute atomic E-state index is 0. The number of imide groups is 2. The topological polar surface area (TPSA) is 118 Å². The summed E-state index contributed by atoms with van der Waals surface area (Å²) in [5.74, 6) is -1.10. The number of amides is 4. The Balaban J connectivity index is 0.000000213. The number of hydrogen-bond acceptors (Lipinski definition) is 6. The predicted octanol–water partition coefficient (Wildman–Crippen LogP) is -2.30. The molecular formula is C22H21KN2O6. The maximum atomic E-state index is 11.7. The first-order chi connectivity index (χ1) is 14.5. The summed E-state index contributed by atoms with van der Waals surface area (Å²) in [6, 6.07) is 13.5. The number of aliphatic hydroxyl groups excluding tert-OH is 1. The van der Waals surface area contributed by atoms with Gasteiger partial charge in [0.15, 0.2) is 0 Å². The minimum atomic E-state index is -0.288. The molecule has 0 aromatic heterocycles. The van der Waals surface area contributed by atoms with Crippen molar-refractivity contribution in [2.75, 3.05) is 26.3 Å². The van der Waals surface area contributed by atoms with E-state index >= 15 is 0 Å². The molecule has 0 saturated carbocycles. The molecule has 2 aromatic carbocycles. The van der Waals surface area contributed by atoms with Gasteiger partial charge in [0.2, 0.25) is 0 Å². The van der Waals surface area contributed by atoms with Crippen molar-refractivity contribution in [3.8, 4) is 0 Å². The van der Waals surface area contributed by atoms with E-state index in [0.29, 0.717) is 35.1 Å². The number of carbonyl (C=O) groups excluding carboxylic acids is 4. The number of benzene rings is 2. The monoisotopic (exact) mass is 448 g/mol. The Morgan fingerprint density at radius 1 is 0.645 bits per heavy atom. The van der Waals surface area contributed by atoms with E-state index in [1.807, 2.05) is 0 Å². The van der Waals surface area contributed by atoms with Crippen molar-refractivity contribution >= 4 is 23.6 Å². The summed E-state index contributed by atoms with van der Waals surface area (Å²) in [4.78, 5) is 49.2. The Hall–Kier alpha value is -1.72. The van der Waals surface area contributed by atoms with Crippen LogP contribution in [0.2, 0.25) is 0 Å². The van der Waals surface area contributed by atoms with Crippen LogP contribution in [0.5, 0.6) is 0 Å². The van der Waals surface area contributed by atoms with Gasteiger partial charge in [0.1, 0.15) is 0 Å². The van der Waals surface area contributed by atoms with Gasteiger partial charge in [-0.3, -0.25) is 29.0 Å². The largest absolute Gasteiger partial charge is 1.00 e. The van der Waals surface area contributed by atoms with Crippen LogP contribution >= 0.6 is 0 Å². The number of aliphatic hydroxyl groups is 1. The van der Waals surface area contributed by atoms with E-state index < -0.39 is 0 Å². The van der Waals surface area contributed by atoms with Crippen LogP contribution < -0.4 is 56.5 Å². The van der Waals surface area contributed by atoms with Crippen molar-refractivity contribution in [1.29, 1.82) is 0 Å². The van der Waals surface area contributed by atoms with Gasteiger partial charge in [0.05, 0.1) is 22.3 Å². The van der Waals surface area contributed by atoms with Gasteiger partial charge in [-0.2, -0.15) is 0 Å². The van der Waals surface area contributed by atoms with E-state index in [1.165, 1.54) is 4.90 Å². The molecule has 8 nitrogen and oxygen atoms in total. The van der Waals surface area contributed by atoms with Crippen molar-refractivity contribution in [2.24, 2.45) is 0 Å². The fourth-order valence-corrected chi connectivity index (χ4v) is 3.34. The predicted molar refractivity (Wildman–Crippen MR) is 105 cm³/mol. The van der Waals surface area contributed by atoms with Gasteiger partial charge in [0, 0.05) is 19.7 Å². The molecule has 4 amide bonds. The second-order valence-electron chi connectivity index (χ2n) is 6.75. The van der Waals surface area contributed by atoms with Gasteiger partial charge in [-0.05, 0) is 30.7 Å². The molecule has 0 aliphatic carbocycles. The molecule has 156 valence electrons. The molecule has 0 fully saturated rings. The molecule has 0 saturated heterocycles. The molecule has 2 aromatic rings. The van der Waals surface area contributed by atoms with Gasteiger partial charge in [-0.1, -0.05) is 30.7 Å². The SMILES string of the molecule is O=C1c2ccccc2C(=O)N1CCCO.O=C1c2ccccc2C(=O)N1CCC[O-].[K+]. The standard InChI is InChI=1S/C11H11NO3.C11H10NO3.K/c2*13-7-3-6-12-10(14)8-4-1-2-5-9(8)11(12)15;/h1-2,4-5,13H,3,6-7H2;1-2,4-5H,3,6-7H2;/q;-1;+1. The van der Waals surface area contributed by atoms with Crippen molar-refractivity contribution in [2.45, 2.75) is 12.8 Å². The van der Waals surface area contributed by atoms with Gasteiger partial charge < -0.3 is 10.2 Å². The molecule has 0 atom stereocenters. The van der Waals surface area contributed by atoms with E-state index in [1.54, 1.807) is 48.5 Å². The Kier molecular flexibility index (Phi) is 9.70. The molecule has 2 heterocycles. The Bertz CT molecular complexity index is 844. The summed E-state index contributed by atoms with van der Waals surface area (Å²) in [5.41, 5.74) is 1.79. The molecule has 0 radical (unpaired) electrons. The summed E-state index contributed by atoms with van der Waals surface area (Å²) < 4.78 is 0. The summed E-state index contributed by atoms with van der Waals surface area (Å²) in [6.07, 6.45) is 0.733. The second-order valence-corrected chi connectivity index (χ2v) is 6.75. The maximum Gasteiger partial charge on any atom is 1.00 e. The Morgan fingerprint density at radius 3 is 1.26 bits per heavy atom.